The average Bonchev–Trinajstić information content (AvgIpc) is 2.83. The number of ketones is 1. The Bertz CT molecular complexity index is 1160. The second kappa shape index (κ2) is 9.44. The molecule has 34 heavy (non-hydrogen) atoms. The zero-order valence-corrected chi connectivity index (χ0v) is 18.6. The molecular formula is C25H21F3N2O3S. The molecule has 0 unspecified atom stereocenters. The third-order valence-electron chi connectivity index (χ3n) is 5.63. The van der Waals surface area contributed by atoms with Crippen LogP contribution in [0.2, 0.25) is 0 Å². The van der Waals surface area contributed by atoms with Gasteiger partial charge in [0.05, 0.1) is 6.04 Å². The highest BCUT2D eigenvalue weighted by Gasteiger charge is 2.65. The fourth-order valence-electron chi connectivity index (χ4n) is 3.91. The minimum absolute atomic E-state index is 0.0411. The first-order chi connectivity index (χ1) is 16.2. The molecule has 3 N–H and O–H groups in total. The quantitative estimate of drug-likeness (QED) is 0.351. The van der Waals surface area contributed by atoms with E-state index < -0.39 is 34.8 Å². The minimum Gasteiger partial charge on any atom is -0.489 e. The van der Waals surface area contributed by atoms with Crippen LogP contribution < -0.4 is 15.4 Å². The summed E-state index contributed by atoms with van der Waals surface area (Å²) in [6, 6.07) is 22.1. The van der Waals surface area contributed by atoms with Gasteiger partial charge in [-0.2, -0.15) is 13.2 Å². The van der Waals surface area contributed by atoms with Gasteiger partial charge in [-0.1, -0.05) is 72.8 Å². The number of alkyl halides is 3. The van der Waals surface area contributed by atoms with E-state index in [0.717, 1.165) is 5.56 Å². The number of hydrogen-bond donors (Lipinski definition) is 3. The molecule has 3 aromatic carbocycles. The molecule has 0 amide bonds. The van der Waals surface area contributed by atoms with E-state index in [4.69, 9.17) is 17.0 Å². The third-order valence-corrected chi connectivity index (χ3v) is 5.85. The molecule has 0 aromatic heterocycles. The van der Waals surface area contributed by atoms with Gasteiger partial charge in [0.2, 0.25) is 5.72 Å². The van der Waals surface area contributed by atoms with Crippen LogP contribution in [0.25, 0.3) is 0 Å². The van der Waals surface area contributed by atoms with Gasteiger partial charge in [-0.3, -0.25) is 4.79 Å². The number of hydrogen-bond acceptors (Lipinski definition) is 4. The molecule has 1 aliphatic heterocycles. The smallest absolute Gasteiger partial charge is 0.437 e. The lowest BCUT2D eigenvalue weighted by atomic mass is 9.77. The number of thiocarbonyl (C=S) groups is 1. The van der Waals surface area contributed by atoms with Gasteiger partial charge in [0.15, 0.2) is 10.9 Å². The van der Waals surface area contributed by atoms with Crippen molar-refractivity contribution in [3.8, 4) is 5.75 Å². The highest BCUT2D eigenvalue weighted by molar-refractivity contribution is 7.80. The fourth-order valence-corrected chi connectivity index (χ4v) is 4.19. The highest BCUT2D eigenvalue weighted by atomic mass is 32.1. The summed E-state index contributed by atoms with van der Waals surface area (Å²) in [6.45, 7) is 0.318. The van der Waals surface area contributed by atoms with Gasteiger partial charge >= 0.3 is 6.18 Å². The summed E-state index contributed by atoms with van der Waals surface area (Å²) >= 11 is 4.96. The molecule has 3 atom stereocenters. The fraction of sp³-hybridized carbons (Fsp3) is 0.200. The number of rotatable bonds is 6. The Balaban J connectivity index is 1.66. The molecule has 9 heteroatoms. The molecule has 1 saturated heterocycles. The highest BCUT2D eigenvalue weighted by Crippen LogP contribution is 2.44. The van der Waals surface area contributed by atoms with Crippen LogP contribution in [0.15, 0.2) is 84.9 Å². The number of nitrogens with one attached hydrogen (secondary N) is 2. The lowest BCUT2D eigenvalue weighted by molar-refractivity contribution is -0.285. The maximum Gasteiger partial charge on any atom is 0.437 e. The zero-order chi connectivity index (χ0) is 24.3. The molecule has 0 saturated carbocycles. The Morgan fingerprint density at radius 3 is 2.15 bits per heavy atom. The molecule has 1 fully saturated rings. The van der Waals surface area contributed by atoms with Gasteiger partial charge < -0.3 is 20.5 Å². The summed E-state index contributed by atoms with van der Waals surface area (Å²) in [5, 5.41) is 15.0. The van der Waals surface area contributed by atoms with Crippen molar-refractivity contribution in [1.82, 2.24) is 10.6 Å². The van der Waals surface area contributed by atoms with E-state index in [9.17, 15) is 23.1 Å². The minimum atomic E-state index is -5.18. The van der Waals surface area contributed by atoms with Crippen LogP contribution in [0.5, 0.6) is 5.75 Å². The van der Waals surface area contributed by atoms with Gasteiger partial charge in [-0.25, -0.2) is 0 Å². The van der Waals surface area contributed by atoms with Gasteiger partial charge in [-0.05, 0) is 35.5 Å². The van der Waals surface area contributed by atoms with Crippen molar-refractivity contribution >= 4 is 23.1 Å². The lowest BCUT2D eigenvalue weighted by Crippen LogP contribution is -2.72. The molecule has 1 heterocycles. The van der Waals surface area contributed by atoms with Crippen LogP contribution in [0, 0.1) is 5.92 Å². The van der Waals surface area contributed by atoms with Crippen molar-refractivity contribution in [1.29, 1.82) is 0 Å². The molecule has 176 valence electrons. The van der Waals surface area contributed by atoms with Crippen LogP contribution >= 0.6 is 12.2 Å². The maximum atomic E-state index is 14.1. The van der Waals surface area contributed by atoms with Crippen molar-refractivity contribution < 1.29 is 27.8 Å². The largest absolute Gasteiger partial charge is 0.489 e. The van der Waals surface area contributed by atoms with Crippen LogP contribution in [0.3, 0.4) is 0 Å². The van der Waals surface area contributed by atoms with E-state index in [1.807, 2.05) is 35.6 Å². The summed E-state index contributed by atoms with van der Waals surface area (Å²) in [6.07, 6.45) is -5.18. The Hall–Kier alpha value is -3.43. The van der Waals surface area contributed by atoms with E-state index in [1.165, 1.54) is 12.1 Å². The summed E-state index contributed by atoms with van der Waals surface area (Å²) in [5.41, 5.74) is -2.22. The van der Waals surface area contributed by atoms with Crippen molar-refractivity contribution in [2.24, 2.45) is 5.92 Å². The molecule has 0 radical (unpaired) electrons. The van der Waals surface area contributed by atoms with Gasteiger partial charge in [0.25, 0.3) is 0 Å². The summed E-state index contributed by atoms with van der Waals surface area (Å²) in [7, 11) is 0. The van der Waals surface area contributed by atoms with Crippen molar-refractivity contribution in [2.45, 2.75) is 24.6 Å². The van der Waals surface area contributed by atoms with Gasteiger partial charge in [0.1, 0.15) is 18.3 Å². The Morgan fingerprint density at radius 2 is 1.56 bits per heavy atom. The lowest BCUT2D eigenvalue weighted by Gasteiger charge is -2.46. The van der Waals surface area contributed by atoms with E-state index in [0.29, 0.717) is 17.9 Å². The first-order valence-corrected chi connectivity index (χ1v) is 10.8. The standard InChI is InChI=1S/C25H21F3N2O3S/c26-25(27,28)24(32)20(22(31)18-9-5-2-6-10-18)21(29-23(34)30-24)17-11-13-19(14-12-17)33-15-16-7-3-1-4-8-16/h1-14,20-21,32H,15H2,(H2,29,30,34)/t20-,21+,24+/m0/s1. The van der Waals surface area contributed by atoms with Gasteiger partial charge in [-0.15, -0.1) is 0 Å². The molecular weight excluding hydrogens is 465 g/mol. The second-order valence-electron chi connectivity index (χ2n) is 7.89. The molecule has 0 bridgehead atoms. The first kappa shape index (κ1) is 23.7. The average molecular weight is 487 g/mol. The van der Waals surface area contributed by atoms with Crippen LogP contribution in [-0.4, -0.2) is 27.9 Å². The van der Waals surface area contributed by atoms with Crippen molar-refractivity contribution in [2.75, 3.05) is 0 Å². The van der Waals surface area contributed by atoms with Crippen LogP contribution in [0.4, 0.5) is 13.2 Å². The number of carbonyl (C=O) groups is 1. The summed E-state index contributed by atoms with van der Waals surface area (Å²) in [5.74, 6) is -2.32. The Morgan fingerprint density at radius 1 is 0.971 bits per heavy atom. The number of aliphatic hydroxyl groups is 1. The van der Waals surface area contributed by atoms with Crippen molar-refractivity contribution in [3.63, 3.8) is 0 Å². The SMILES string of the molecule is O=C(c1ccccc1)[C@@H]1[C@@H](c2ccc(OCc3ccccc3)cc2)NC(=S)N[C@]1(O)C(F)(F)F. The van der Waals surface area contributed by atoms with Crippen LogP contribution in [-0.2, 0) is 6.61 Å². The predicted octanol–water partition coefficient (Wildman–Crippen LogP) is 4.53. The zero-order valence-electron chi connectivity index (χ0n) is 17.8. The Kier molecular flexibility index (Phi) is 6.58. The molecule has 0 spiro atoms. The third kappa shape index (κ3) is 4.76. The summed E-state index contributed by atoms with van der Waals surface area (Å²) in [4.78, 5) is 13.3. The van der Waals surface area contributed by atoms with Crippen molar-refractivity contribution in [3.05, 3.63) is 102 Å². The van der Waals surface area contributed by atoms with E-state index in [2.05, 4.69) is 5.32 Å². The number of halogens is 3. The Labute approximate surface area is 199 Å². The van der Waals surface area contributed by atoms with Gasteiger partial charge in [0, 0.05) is 5.56 Å². The molecule has 1 aliphatic rings. The monoisotopic (exact) mass is 486 g/mol. The normalized spacial score (nSPS) is 22.4. The van der Waals surface area contributed by atoms with E-state index in [1.54, 1.807) is 42.5 Å². The molecule has 5 nitrogen and oxygen atoms in total. The predicted molar refractivity (Wildman–Crippen MR) is 124 cm³/mol. The first-order valence-electron chi connectivity index (χ1n) is 10.4. The number of carbonyl (C=O) groups excluding carboxylic acids is 1. The number of ether oxygens (including phenoxy) is 1. The summed E-state index contributed by atoms with van der Waals surface area (Å²) < 4.78 is 47.9. The second-order valence-corrected chi connectivity index (χ2v) is 8.30. The topological polar surface area (TPSA) is 70.6 Å². The number of benzene rings is 3. The van der Waals surface area contributed by atoms with E-state index >= 15 is 0 Å². The molecule has 0 aliphatic carbocycles. The molecule has 4 rings (SSSR count). The number of Topliss-reactive ketones (excluding diaryl/α,β-unsaturated/α-hetero) is 1. The van der Waals surface area contributed by atoms with Crippen LogP contribution in [0.1, 0.15) is 27.5 Å². The van der Waals surface area contributed by atoms with E-state index in [-0.39, 0.29) is 5.56 Å². The molecule has 3 aromatic rings. The maximum absolute atomic E-state index is 14.1.